The predicted molar refractivity (Wildman–Crippen MR) is 62.4 cm³/mol. The summed E-state index contributed by atoms with van der Waals surface area (Å²) in [5.74, 6) is -6.53. The fourth-order valence-corrected chi connectivity index (χ4v) is 1.57. The van der Waals surface area contributed by atoms with Gasteiger partial charge in [-0.05, 0) is 18.2 Å². The van der Waals surface area contributed by atoms with E-state index in [9.17, 15) is 22.4 Å². The van der Waals surface area contributed by atoms with Gasteiger partial charge in [0.15, 0.2) is 23.3 Å². The van der Waals surface area contributed by atoms with Crippen LogP contribution in [-0.2, 0) is 6.61 Å². The van der Waals surface area contributed by atoms with Crippen molar-refractivity contribution in [1.29, 1.82) is 0 Å². The lowest BCUT2D eigenvalue weighted by Gasteiger charge is -2.08. The summed E-state index contributed by atoms with van der Waals surface area (Å²) in [5.41, 5.74) is -0.127. The van der Waals surface area contributed by atoms with E-state index < -0.39 is 35.4 Å². The van der Waals surface area contributed by atoms with Gasteiger partial charge in [-0.15, -0.1) is 0 Å². The van der Waals surface area contributed by atoms with Crippen LogP contribution < -0.4 is 4.74 Å². The highest BCUT2D eigenvalue weighted by molar-refractivity contribution is 5.75. The number of hydrogen-bond acceptors (Lipinski definition) is 2. The van der Waals surface area contributed by atoms with E-state index in [-0.39, 0.29) is 5.75 Å². The number of rotatable bonds is 4. The van der Waals surface area contributed by atoms with Crippen molar-refractivity contribution in [1.82, 2.24) is 0 Å². The molecule has 0 heterocycles. The average Bonchev–Trinajstić information content (AvgIpc) is 2.47. The van der Waals surface area contributed by atoms with Crippen LogP contribution in [0.15, 0.2) is 30.3 Å². The molecule has 104 valence electrons. The van der Waals surface area contributed by atoms with Crippen molar-refractivity contribution in [2.24, 2.45) is 0 Å². The van der Waals surface area contributed by atoms with Crippen molar-refractivity contribution in [3.05, 3.63) is 64.7 Å². The number of carbonyl (C=O) groups excluding carboxylic acids is 1. The van der Waals surface area contributed by atoms with Crippen molar-refractivity contribution in [3.63, 3.8) is 0 Å². The van der Waals surface area contributed by atoms with Crippen molar-refractivity contribution >= 4 is 6.29 Å². The normalized spacial score (nSPS) is 10.4. The van der Waals surface area contributed by atoms with Gasteiger partial charge >= 0.3 is 0 Å². The molecule has 2 rings (SSSR count). The molecule has 2 aromatic rings. The van der Waals surface area contributed by atoms with Crippen LogP contribution >= 0.6 is 0 Å². The minimum absolute atomic E-state index is 0.221. The fourth-order valence-electron chi connectivity index (χ4n) is 1.57. The molecule has 6 heteroatoms. The van der Waals surface area contributed by atoms with Gasteiger partial charge in [-0.2, -0.15) is 0 Å². The highest BCUT2D eigenvalue weighted by Gasteiger charge is 2.19. The molecule has 0 aliphatic heterocycles. The monoisotopic (exact) mass is 284 g/mol. The van der Waals surface area contributed by atoms with Crippen molar-refractivity contribution in [2.75, 3.05) is 0 Å². The Hall–Kier alpha value is -2.37. The highest BCUT2D eigenvalue weighted by atomic mass is 19.2. The Morgan fingerprint density at radius 3 is 2.45 bits per heavy atom. The second-order valence-corrected chi connectivity index (χ2v) is 3.94. The smallest absolute Gasteiger partial charge is 0.197 e. The summed E-state index contributed by atoms with van der Waals surface area (Å²) >= 11 is 0. The number of hydrogen-bond donors (Lipinski definition) is 0. The van der Waals surface area contributed by atoms with Gasteiger partial charge in [0.25, 0.3) is 0 Å². The molecule has 0 bridgehead atoms. The van der Waals surface area contributed by atoms with E-state index in [2.05, 4.69) is 0 Å². The maximum absolute atomic E-state index is 13.4. The van der Waals surface area contributed by atoms with E-state index in [1.54, 1.807) is 0 Å². The zero-order valence-corrected chi connectivity index (χ0v) is 10.00. The molecule has 0 fully saturated rings. The van der Waals surface area contributed by atoms with E-state index in [0.717, 1.165) is 0 Å². The van der Waals surface area contributed by atoms with Gasteiger partial charge in [-0.25, -0.2) is 17.6 Å². The zero-order valence-electron chi connectivity index (χ0n) is 10.00. The molecule has 0 aliphatic carbocycles. The summed E-state index contributed by atoms with van der Waals surface area (Å²) in [6.07, 6.45) is 0.588. The number of aldehydes is 1. The predicted octanol–water partition coefficient (Wildman–Crippen LogP) is 3.63. The van der Waals surface area contributed by atoms with E-state index in [0.29, 0.717) is 17.9 Å². The third kappa shape index (κ3) is 2.79. The van der Waals surface area contributed by atoms with Crippen molar-refractivity contribution < 1.29 is 27.1 Å². The fraction of sp³-hybridized carbons (Fsp3) is 0.0714. The lowest BCUT2D eigenvalue weighted by molar-refractivity contribution is 0.112. The topological polar surface area (TPSA) is 26.3 Å². The molecule has 0 atom stereocenters. The highest BCUT2D eigenvalue weighted by Crippen LogP contribution is 2.21. The zero-order chi connectivity index (χ0) is 14.7. The van der Waals surface area contributed by atoms with Crippen LogP contribution in [0, 0.1) is 23.3 Å². The number of ether oxygens (including phenoxy) is 1. The Kier molecular flexibility index (Phi) is 4.02. The van der Waals surface area contributed by atoms with Gasteiger partial charge in [-0.3, -0.25) is 4.79 Å². The van der Waals surface area contributed by atoms with Crippen LogP contribution in [0.5, 0.6) is 5.75 Å². The molecule has 0 saturated heterocycles. The van der Waals surface area contributed by atoms with Crippen molar-refractivity contribution in [3.8, 4) is 5.75 Å². The Morgan fingerprint density at radius 2 is 1.75 bits per heavy atom. The van der Waals surface area contributed by atoms with Crippen molar-refractivity contribution in [2.45, 2.75) is 6.61 Å². The maximum atomic E-state index is 13.4. The van der Waals surface area contributed by atoms with Crippen LogP contribution in [0.2, 0.25) is 0 Å². The van der Waals surface area contributed by atoms with Gasteiger partial charge < -0.3 is 4.74 Å². The van der Waals surface area contributed by atoms with Crippen LogP contribution in [0.4, 0.5) is 17.6 Å². The number of carbonyl (C=O) groups is 1. The third-order valence-corrected chi connectivity index (χ3v) is 2.57. The first kappa shape index (κ1) is 14.0. The molecule has 20 heavy (non-hydrogen) atoms. The SMILES string of the molecule is O=Cc1cccc(OCc2cc(F)c(F)c(F)c2F)c1. The van der Waals surface area contributed by atoms with Gasteiger partial charge in [0, 0.05) is 11.1 Å². The summed E-state index contributed by atoms with van der Waals surface area (Å²) in [6.45, 7) is -0.498. The van der Waals surface area contributed by atoms with Gasteiger partial charge in [0.1, 0.15) is 18.6 Å². The number of halogens is 4. The quantitative estimate of drug-likeness (QED) is 0.371. The molecular formula is C14H8F4O2. The van der Waals surface area contributed by atoms with Crippen LogP contribution in [-0.4, -0.2) is 6.29 Å². The lowest BCUT2D eigenvalue weighted by Crippen LogP contribution is -2.05. The van der Waals surface area contributed by atoms with E-state index >= 15 is 0 Å². The lowest BCUT2D eigenvalue weighted by atomic mass is 10.2. The Bertz CT molecular complexity index is 656. The minimum atomic E-state index is -1.88. The van der Waals surface area contributed by atoms with Crippen LogP contribution in [0.1, 0.15) is 15.9 Å². The summed E-state index contributed by atoms with van der Waals surface area (Å²) in [6, 6.07) is 6.44. The molecule has 0 radical (unpaired) electrons. The summed E-state index contributed by atoms with van der Waals surface area (Å²) in [5, 5.41) is 0. The molecule has 0 unspecified atom stereocenters. The molecule has 0 aliphatic rings. The molecule has 0 spiro atoms. The molecule has 0 N–H and O–H groups in total. The molecule has 2 nitrogen and oxygen atoms in total. The second kappa shape index (κ2) is 5.73. The maximum Gasteiger partial charge on any atom is 0.197 e. The first-order valence-corrected chi connectivity index (χ1v) is 5.53. The van der Waals surface area contributed by atoms with Gasteiger partial charge in [-0.1, -0.05) is 12.1 Å². The molecule has 0 amide bonds. The average molecular weight is 284 g/mol. The Labute approximate surface area is 111 Å². The summed E-state index contributed by atoms with van der Waals surface area (Å²) in [4.78, 5) is 10.6. The standard InChI is InChI=1S/C14H8F4O2/c15-11-5-9(12(16)14(18)13(11)17)7-20-10-3-1-2-8(4-10)6-19/h1-6H,7H2. The summed E-state index contributed by atoms with van der Waals surface area (Å²) < 4.78 is 57.2. The largest absolute Gasteiger partial charge is 0.489 e. The van der Waals surface area contributed by atoms with Gasteiger partial charge in [0.05, 0.1) is 0 Å². The van der Waals surface area contributed by atoms with Crippen LogP contribution in [0.25, 0.3) is 0 Å². The van der Waals surface area contributed by atoms with E-state index in [1.807, 2.05) is 0 Å². The first-order chi connectivity index (χ1) is 9.52. The van der Waals surface area contributed by atoms with Crippen LogP contribution in [0.3, 0.4) is 0 Å². The molecule has 0 aromatic heterocycles. The molecule has 2 aromatic carbocycles. The molecular weight excluding hydrogens is 276 g/mol. The first-order valence-electron chi connectivity index (χ1n) is 5.53. The summed E-state index contributed by atoms with van der Waals surface area (Å²) in [7, 11) is 0. The third-order valence-electron chi connectivity index (χ3n) is 2.57. The number of benzene rings is 2. The van der Waals surface area contributed by atoms with Gasteiger partial charge in [0.2, 0.25) is 0 Å². The Morgan fingerprint density at radius 1 is 1.00 bits per heavy atom. The van der Waals surface area contributed by atoms with E-state index in [1.165, 1.54) is 24.3 Å². The Balaban J connectivity index is 2.21. The van der Waals surface area contributed by atoms with E-state index in [4.69, 9.17) is 4.74 Å². The second-order valence-electron chi connectivity index (χ2n) is 3.94. The molecule has 0 saturated carbocycles. The minimum Gasteiger partial charge on any atom is -0.489 e.